The molecule has 1 heterocycles. The molecule has 0 aromatic heterocycles. The monoisotopic (exact) mass is 550 g/mol. The molecule has 10 heteroatoms. The van der Waals surface area contributed by atoms with Gasteiger partial charge >= 0.3 is 12.4 Å². The summed E-state index contributed by atoms with van der Waals surface area (Å²) in [5, 5.41) is 3.29. The molecule has 39 heavy (non-hydrogen) atoms. The third-order valence-corrected chi connectivity index (χ3v) is 6.91. The first kappa shape index (κ1) is 28.5. The largest absolute Gasteiger partial charge is 0.416 e. The van der Waals surface area contributed by atoms with Crippen LogP contribution in [-0.2, 0) is 17.1 Å². The van der Waals surface area contributed by atoms with Crippen LogP contribution in [0.5, 0.6) is 0 Å². The number of carbonyl (C=O) groups excluding carboxylic acids is 1. The number of hydrogen-bond acceptors (Lipinski definition) is 3. The van der Waals surface area contributed by atoms with Crippen molar-refractivity contribution in [3.63, 3.8) is 0 Å². The number of alkyl halides is 6. The lowest BCUT2D eigenvalue weighted by Gasteiger charge is -2.39. The van der Waals surface area contributed by atoms with Crippen molar-refractivity contribution in [1.29, 1.82) is 0 Å². The number of anilines is 1. The quantitative estimate of drug-likeness (QED) is 0.250. The summed E-state index contributed by atoms with van der Waals surface area (Å²) < 4.78 is 85.4. The molecule has 3 aromatic rings. The summed E-state index contributed by atoms with van der Waals surface area (Å²) >= 11 is 0. The standard InChI is InChI=1S/C29H28F6N2O2/c1-39-13-11-36-24-9-5-8-20(16-24)25-10-12-37(18-26(25)19-6-3-2-4-7-19)27(38)21-14-22(28(30,31)32)17-23(15-21)29(33,34)35/h2-9,14-17,25-26,36H,10-13,18H2,1H3/t25-,26+/m0/s1. The van der Waals surface area contributed by atoms with Crippen molar-refractivity contribution in [3.05, 3.63) is 101 Å². The fourth-order valence-electron chi connectivity index (χ4n) is 5.01. The zero-order valence-corrected chi connectivity index (χ0v) is 21.1. The first-order valence-corrected chi connectivity index (χ1v) is 12.4. The molecular weight excluding hydrogens is 522 g/mol. The van der Waals surface area contributed by atoms with Gasteiger partial charge in [0.25, 0.3) is 5.91 Å². The van der Waals surface area contributed by atoms with Gasteiger partial charge in [-0.2, -0.15) is 26.3 Å². The minimum absolute atomic E-state index is 0.0205. The van der Waals surface area contributed by atoms with Crippen molar-refractivity contribution in [2.45, 2.75) is 30.6 Å². The SMILES string of the molecule is COCCNc1cccc([C@@H]2CCN(C(=O)c3cc(C(F)(F)F)cc(C(F)(F)F)c3)C[C@@H]2c2ccccc2)c1. The number of carbonyl (C=O) groups is 1. The maximum absolute atomic E-state index is 13.4. The van der Waals surface area contributed by atoms with Gasteiger partial charge in [0, 0.05) is 43.9 Å². The normalized spacial score (nSPS) is 18.2. The van der Waals surface area contributed by atoms with Gasteiger partial charge in [-0.15, -0.1) is 0 Å². The Balaban J connectivity index is 1.65. The van der Waals surface area contributed by atoms with E-state index in [9.17, 15) is 31.1 Å². The van der Waals surface area contributed by atoms with E-state index in [2.05, 4.69) is 5.32 Å². The second-order valence-electron chi connectivity index (χ2n) is 9.50. The molecule has 2 atom stereocenters. The van der Waals surface area contributed by atoms with Gasteiger partial charge in [0.2, 0.25) is 0 Å². The molecule has 0 saturated carbocycles. The third-order valence-electron chi connectivity index (χ3n) is 6.91. The maximum atomic E-state index is 13.4. The second-order valence-corrected chi connectivity index (χ2v) is 9.50. The summed E-state index contributed by atoms with van der Waals surface area (Å²) in [5.74, 6) is -1.10. The lowest BCUT2D eigenvalue weighted by molar-refractivity contribution is -0.143. The highest BCUT2D eigenvalue weighted by molar-refractivity contribution is 5.95. The van der Waals surface area contributed by atoms with Gasteiger partial charge in [0.1, 0.15) is 0 Å². The number of rotatable bonds is 7. The van der Waals surface area contributed by atoms with Gasteiger partial charge in [0.05, 0.1) is 17.7 Å². The Morgan fingerprint density at radius 2 is 1.51 bits per heavy atom. The Morgan fingerprint density at radius 1 is 0.872 bits per heavy atom. The Morgan fingerprint density at radius 3 is 2.13 bits per heavy atom. The van der Waals surface area contributed by atoms with Gasteiger partial charge in [-0.1, -0.05) is 42.5 Å². The maximum Gasteiger partial charge on any atom is 0.416 e. The number of nitrogens with one attached hydrogen (secondary N) is 1. The molecule has 1 fully saturated rings. The molecule has 0 unspecified atom stereocenters. The molecule has 4 nitrogen and oxygen atoms in total. The molecule has 1 saturated heterocycles. The van der Waals surface area contributed by atoms with Crippen LogP contribution in [0.25, 0.3) is 0 Å². The van der Waals surface area contributed by atoms with Crippen LogP contribution >= 0.6 is 0 Å². The highest BCUT2D eigenvalue weighted by atomic mass is 19.4. The summed E-state index contributed by atoms with van der Waals surface area (Å²) in [7, 11) is 1.61. The lowest BCUT2D eigenvalue weighted by Crippen LogP contribution is -2.42. The number of nitrogens with zero attached hydrogens (tertiary/aromatic N) is 1. The van der Waals surface area contributed by atoms with Crippen LogP contribution in [0.15, 0.2) is 72.8 Å². The molecule has 0 aliphatic carbocycles. The summed E-state index contributed by atoms with van der Waals surface area (Å²) in [4.78, 5) is 14.7. The molecule has 4 rings (SSSR count). The van der Waals surface area contributed by atoms with Crippen molar-refractivity contribution in [2.24, 2.45) is 0 Å². The van der Waals surface area contributed by atoms with E-state index in [1.807, 2.05) is 54.6 Å². The number of likely N-dealkylation sites (tertiary alicyclic amines) is 1. The molecule has 0 bridgehead atoms. The van der Waals surface area contributed by atoms with E-state index in [0.29, 0.717) is 31.7 Å². The zero-order valence-electron chi connectivity index (χ0n) is 21.1. The van der Waals surface area contributed by atoms with E-state index in [4.69, 9.17) is 4.74 Å². The number of benzene rings is 3. The predicted molar refractivity (Wildman–Crippen MR) is 136 cm³/mol. The van der Waals surface area contributed by atoms with E-state index in [1.54, 1.807) is 7.11 Å². The molecule has 208 valence electrons. The first-order chi connectivity index (χ1) is 18.5. The van der Waals surface area contributed by atoms with Crippen molar-refractivity contribution >= 4 is 11.6 Å². The zero-order chi connectivity index (χ0) is 28.2. The highest BCUT2D eigenvalue weighted by Gasteiger charge is 2.39. The van der Waals surface area contributed by atoms with Crippen molar-refractivity contribution in [3.8, 4) is 0 Å². The molecule has 1 aliphatic heterocycles. The molecular formula is C29H28F6N2O2. The van der Waals surface area contributed by atoms with E-state index in [-0.39, 0.29) is 31.0 Å². The van der Waals surface area contributed by atoms with Crippen LogP contribution in [0.4, 0.5) is 32.0 Å². The van der Waals surface area contributed by atoms with Crippen LogP contribution < -0.4 is 5.32 Å². The highest BCUT2D eigenvalue weighted by Crippen LogP contribution is 2.41. The Kier molecular flexibility index (Phi) is 8.54. The van der Waals surface area contributed by atoms with Crippen LogP contribution in [0.1, 0.15) is 50.9 Å². The average molecular weight is 551 g/mol. The van der Waals surface area contributed by atoms with Crippen molar-refractivity contribution in [1.82, 2.24) is 4.90 Å². The summed E-state index contributed by atoms with van der Waals surface area (Å²) in [6.45, 7) is 1.48. The Hall–Kier alpha value is -3.53. The number of ether oxygens (including phenoxy) is 1. The van der Waals surface area contributed by atoms with Crippen LogP contribution in [0.3, 0.4) is 0 Å². The first-order valence-electron chi connectivity index (χ1n) is 12.4. The molecule has 1 amide bonds. The second kappa shape index (κ2) is 11.7. The predicted octanol–water partition coefficient (Wildman–Crippen LogP) is 7.20. The summed E-state index contributed by atoms with van der Waals surface area (Å²) in [5.41, 5.74) is -0.791. The van der Waals surface area contributed by atoms with Crippen LogP contribution in [-0.4, -0.2) is 44.2 Å². The van der Waals surface area contributed by atoms with Gasteiger partial charge in [-0.3, -0.25) is 4.79 Å². The summed E-state index contributed by atoms with van der Waals surface area (Å²) in [6, 6.07) is 18.3. The van der Waals surface area contributed by atoms with Gasteiger partial charge < -0.3 is 15.0 Å². The molecule has 3 aromatic carbocycles. The Labute approximate surface area is 222 Å². The fraction of sp³-hybridized carbons (Fsp3) is 0.345. The Bertz CT molecular complexity index is 1240. The molecule has 1 aliphatic rings. The van der Waals surface area contributed by atoms with E-state index in [0.717, 1.165) is 16.8 Å². The van der Waals surface area contributed by atoms with E-state index < -0.39 is 35.0 Å². The number of halogens is 6. The topological polar surface area (TPSA) is 41.6 Å². The van der Waals surface area contributed by atoms with Crippen molar-refractivity contribution < 1.29 is 35.9 Å². The van der Waals surface area contributed by atoms with Crippen LogP contribution in [0.2, 0.25) is 0 Å². The number of piperidine rings is 1. The van der Waals surface area contributed by atoms with Crippen molar-refractivity contribution in [2.75, 3.05) is 38.7 Å². The number of methoxy groups -OCH3 is 1. The lowest BCUT2D eigenvalue weighted by atomic mass is 9.76. The minimum Gasteiger partial charge on any atom is -0.383 e. The van der Waals surface area contributed by atoms with Crippen LogP contribution in [0, 0.1) is 0 Å². The number of hydrogen-bond donors (Lipinski definition) is 1. The van der Waals surface area contributed by atoms with E-state index >= 15 is 0 Å². The van der Waals surface area contributed by atoms with Gasteiger partial charge in [-0.05, 0) is 53.8 Å². The van der Waals surface area contributed by atoms with Gasteiger partial charge in [-0.25, -0.2) is 0 Å². The van der Waals surface area contributed by atoms with E-state index in [1.165, 1.54) is 4.90 Å². The third kappa shape index (κ3) is 6.92. The smallest absolute Gasteiger partial charge is 0.383 e. The fourth-order valence-corrected chi connectivity index (χ4v) is 5.01. The summed E-state index contributed by atoms with van der Waals surface area (Å²) in [6.07, 6.45) is -9.58. The molecule has 1 N–H and O–H groups in total. The molecule has 0 radical (unpaired) electrons. The van der Waals surface area contributed by atoms with Gasteiger partial charge in [0.15, 0.2) is 0 Å². The molecule has 0 spiro atoms. The number of amides is 1. The average Bonchev–Trinajstić information content (AvgIpc) is 2.92. The minimum atomic E-state index is -5.03.